The Kier molecular flexibility index (Phi) is 7.31. The number of nitrogens with one attached hydrogen (secondary N) is 1. The highest BCUT2D eigenvalue weighted by Gasteiger charge is 2.27. The summed E-state index contributed by atoms with van der Waals surface area (Å²) in [6, 6.07) is 13.4. The van der Waals surface area contributed by atoms with Gasteiger partial charge in [-0.15, -0.1) is 0 Å². The van der Waals surface area contributed by atoms with Crippen LogP contribution in [0.5, 0.6) is 5.75 Å². The van der Waals surface area contributed by atoms with E-state index in [9.17, 15) is 9.59 Å². The van der Waals surface area contributed by atoms with Gasteiger partial charge in [-0.3, -0.25) is 9.59 Å². The lowest BCUT2D eigenvalue weighted by atomic mass is 9.95. The van der Waals surface area contributed by atoms with Crippen LogP contribution in [-0.4, -0.2) is 43.0 Å². The second kappa shape index (κ2) is 9.92. The van der Waals surface area contributed by atoms with Crippen LogP contribution >= 0.6 is 15.9 Å². The number of piperidine rings is 1. The molecule has 0 aromatic heterocycles. The standard InChI is InChI=1S/C23H27BrN2O3/c1-16-3-8-21(17(2)15-16)29-14-11-25-22(27)18-9-12-26(13-10-18)23(28)19-4-6-20(24)7-5-19/h3-8,15,18H,9-14H2,1-2H3,(H,25,27). The van der Waals surface area contributed by atoms with Gasteiger partial charge in [0.25, 0.3) is 5.91 Å². The second-order valence-electron chi connectivity index (χ2n) is 7.48. The molecule has 5 nitrogen and oxygen atoms in total. The van der Waals surface area contributed by atoms with E-state index in [1.807, 2.05) is 48.2 Å². The topological polar surface area (TPSA) is 58.6 Å². The Labute approximate surface area is 180 Å². The summed E-state index contributed by atoms with van der Waals surface area (Å²) in [5.41, 5.74) is 2.98. The van der Waals surface area contributed by atoms with E-state index in [4.69, 9.17) is 4.74 Å². The molecule has 1 saturated heterocycles. The fourth-order valence-electron chi connectivity index (χ4n) is 3.56. The normalized spacial score (nSPS) is 14.5. The van der Waals surface area contributed by atoms with Crippen molar-refractivity contribution in [1.29, 1.82) is 0 Å². The molecule has 1 aliphatic rings. The molecule has 0 radical (unpaired) electrons. The molecule has 29 heavy (non-hydrogen) atoms. The van der Waals surface area contributed by atoms with Gasteiger partial charge in [-0.05, 0) is 62.6 Å². The molecule has 2 amide bonds. The van der Waals surface area contributed by atoms with Crippen LogP contribution < -0.4 is 10.1 Å². The fraction of sp³-hybridized carbons (Fsp3) is 0.391. The summed E-state index contributed by atoms with van der Waals surface area (Å²) in [7, 11) is 0. The van der Waals surface area contributed by atoms with Gasteiger partial charge in [0.05, 0.1) is 6.54 Å². The van der Waals surface area contributed by atoms with Crippen molar-refractivity contribution < 1.29 is 14.3 Å². The number of ether oxygens (including phenoxy) is 1. The number of aryl methyl sites for hydroxylation is 2. The minimum atomic E-state index is -0.0509. The van der Waals surface area contributed by atoms with E-state index >= 15 is 0 Å². The molecule has 0 saturated carbocycles. The van der Waals surface area contributed by atoms with E-state index < -0.39 is 0 Å². The van der Waals surface area contributed by atoms with Crippen molar-refractivity contribution in [3.63, 3.8) is 0 Å². The van der Waals surface area contributed by atoms with Gasteiger partial charge in [0.15, 0.2) is 0 Å². The van der Waals surface area contributed by atoms with Crippen molar-refractivity contribution in [3.8, 4) is 5.75 Å². The summed E-state index contributed by atoms with van der Waals surface area (Å²) >= 11 is 3.38. The smallest absolute Gasteiger partial charge is 0.253 e. The van der Waals surface area contributed by atoms with E-state index in [1.54, 1.807) is 0 Å². The lowest BCUT2D eigenvalue weighted by Crippen LogP contribution is -2.43. The van der Waals surface area contributed by atoms with Crippen LogP contribution in [0.1, 0.15) is 34.3 Å². The van der Waals surface area contributed by atoms with E-state index in [2.05, 4.69) is 34.2 Å². The summed E-state index contributed by atoms with van der Waals surface area (Å²) < 4.78 is 6.71. The Bertz CT molecular complexity index is 859. The number of amides is 2. The van der Waals surface area contributed by atoms with Crippen LogP contribution in [0.15, 0.2) is 46.9 Å². The minimum Gasteiger partial charge on any atom is -0.491 e. The minimum absolute atomic E-state index is 0.0261. The van der Waals surface area contributed by atoms with Gasteiger partial charge in [-0.2, -0.15) is 0 Å². The molecule has 0 bridgehead atoms. The Hall–Kier alpha value is -2.34. The summed E-state index contributed by atoms with van der Waals surface area (Å²) in [6.07, 6.45) is 1.37. The van der Waals surface area contributed by atoms with Crippen LogP contribution in [0.3, 0.4) is 0 Å². The van der Waals surface area contributed by atoms with Crippen molar-refractivity contribution in [3.05, 3.63) is 63.6 Å². The average molecular weight is 459 g/mol. The maximum absolute atomic E-state index is 12.6. The van der Waals surface area contributed by atoms with Crippen LogP contribution in [0.25, 0.3) is 0 Å². The number of likely N-dealkylation sites (tertiary alicyclic amines) is 1. The van der Waals surface area contributed by atoms with Gasteiger partial charge in [0, 0.05) is 29.0 Å². The fourth-order valence-corrected chi connectivity index (χ4v) is 3.82. The first-order valence-corrected chi connectivity index (χ1v) is 10.8. The average Bonchev–Trinajstić information content (AvgIpc) is 2.72. The molecule has 3 rings (SSSR count). The third-order valence-electron chi connectivity index (χ3n) is 5.23. The first-order valence-electron chi connectivity index (χ1n) is 9.96. The van der Waals surface area contributed by atoms with Gasteiger partial charge in [-0.25, -0.2) is 0 Å². The van der Waals surface area contributed by atoms with Crippen molar-refractivity contribution in [2.75, 3.05) is 26.2 Å². The molecule has 1 aliphatic heterocycles. The second-order valence-corrected chi connectivity index (χ2v) is 8.40. The molecule has 1 fully saturated rings. The molecule has 0 spiro atoms. The van der Waals surface area contributed by atoms with E-state index in [0.717, 1.165) is 15.8 Å². The Morgan fingerprint density at radius 2 is 1.79 bits per heavy atom. The van der Waals surface area contributed by atoms with Gasteiger partial charge < -0.3 is 15.0 Å². The summed E-state index contributed by atoms with van der Waals surface area (Å²) in [5, 5.41) is 2.96. The van der Waals surface area contributed by atoms with Crippen molar-refractivity contribution in [2.45, 2.75) is 26.7 Å². The third kappa shape index (κ3) is 5.82. The first kappa shape index (κ1) is 21.4. The van der Waals surface area contributed by atoms with Crippen molar-refractivity contribution >= 4 is 27.7 Å². The van der Waals surface area contributed by atoms with Gasteiger partial charge in [0.2, 0.25) is 5.91 Å². The van der Waals surface area contributed by atoms with Gasteiger partial charge >= 0.3 is 0 Å². The number of carbonyl (C=O) groups excluding carboxylic acids is 2. The predicted molar refractivity (Wildman–Crippen MR) is 117 cm³/mol. The summed E-state index contributed by atoms with van der Waals surface area (Å²) in [6.45, 7) is 6.19. The van der Waals surface area contributed by atoms with Crippen LogP contribution in [-0.2, 0) is 4.79 Å². The molecular weight excluding hydrogens is 432 g/mol. The molecule has 154 valence electrons. The Morgan fingerprint density at radius 3 is 2.45 bits per heavy atom. The highest BCUT2D eigenvalue weighted by molar-refractivity contribution is 9.10. The van der Waals surface area contributed by atoms with Crippen LogP contribution in [0.2, 0.25) is 0 Å². The summed E-state index contributed by atoms with van der Waals surface area (Å²) in [4.78, 5) is 26.8. The zero-order chi connectivity index (χ0) is 20.8. The Balaban J connectivity index is 1.39. The van der Waals surface area contributed by atoms with Crippen molar-refractivity contribution in [2.24, 2.45) is 5.92 Å². The molecule has 0 atom stereocenters. The third-order valence-corrected chi connectivity index (χ3v) is 5.76. The molecule has 2 aromatic rings. The summed E-state index contributed by atoms with van der Waals surface area (Å²) in [5.74, 6) is 0.873. The maximum atomic E-state index is 12.6. The molecular formula is C23H27BrN2O3. The monoisotopic (exact) mass is 458 g/mol. The SMILES string of the molecule is Cc1ccc(OCCNC(=O)C2CCN(C(=O)c3ccc(Br)cc3)CC2)c(C)c1. The molecule has 1 heterocycles. The van der Waals surface area contributed by atoms with Crippen LogP contribution in [0, 0.1) is 19.8 Å². The van der Waals surface area contributed by atoms with Crippen molar-refractivity contribution in [1.82, 2.24) is 10.2 Å². The number of hydrogen-bond acceptors (Lipinski definition) is 3. The number of carbonyl (C=O) groups is 2. The highest BCUT2D eigenvalue weighted by Crippen LogP contribution is 2.21. The molecule has 1 N–H and O–H groups in total. The van der Waals surface area contributed by atoms with Gasteiger partial charge in [0.1, 0.15) is 12.4 Å². The number of nitrogens with zero attached hydrogens (tertiary/aromatic N) is 1. The maximum Gasteiger partial charge on any atom is 0.253 e. The molecule has 0 aliphatic carbocycles. The van der Waals surface area contributed by atoms with Crippen LogP contribution in [0.4, 0.5) is 0 Å². The van der Waals surface area contributed by atoms with E-state index in [1.165, 1.54) is 5.56 Å². The predicted octanol–water partition coefficient (Wildman–Crippen LogP) is 4.11. The number of rotatable bonds is 6. The zero-order valence-electron chi connectivity index (χ0n) is 16.9. The lowest BCUT2D eigenvalue weighted by molar-refractivity contribution is -0.126. The Morgan fingerprint density at radius 1 is 1.10 bits per heavy atom. The first-order chi connectivity index (χ1) is 13.9. The number of benzene rings is 2. The molecule has 0 unspecified atom stereocenters. The number of hydrogen-bond donors (Lipinski definition) is 1. The highest BCUT2D eigenvalue weighted by atomic mass is 79.9. The van der Waals surface area contributed by atoms with Gasteiger partial charge in [-0.1, -0.05) is 33.6 Å². The number of halogens is 1. The lowest BCUT2D eigenvalue weighted by Gasteiger charge is -2.31. The van der Waals surface area contributed by atoms with E-state index in [-0.39, 0.29) is 17.7 Å². The molecule has 6 heteroatoms. The zero-order valence-corrected chi connectivity index (χ0v) is 18.5. The quantitative estimate of drug-likeness (QED) is 0.662. The molecule has 2 aromatic carbocycles. The largest absolute Gasteiger partial charge is 0.491 e. The van der Waals surface area contributed by atoms with E-state index in [0.29, 0.717) is 44.6 Å².